The van der Waals surface area contributed by atoms with Crippen LogP contribution in [0.25, 0.3) is 0 Å². The molecule has 3 nitrogen and oxygen atoms in total. The molecule has 19 heavy (non-hydrogen) atoms. The average molecular weight is 274 g/mol. The summed E-state index contributed by atoms with van der Waals surface area (Å²) in [6, 6.07) is 12.4. The first-order valence-electron chi connectivity index (χ1n) is 5.86. The first kappa shape index (κ1) is 13.5. The molecule has 2 aromatic rings. The standard InChI is InChI=1S/C15H14O3S/c1-15(2,14(17)18)12-9-8-11(19-12)13(16)10-6-4-3-5-7-10/h3-9H,1-2H3,(H,17,18). The van der Waals surface area contributed by atoms with Crippen molar-refractivity contribution in [3.8, 4) is 0 Å². The molecular formula is C15H14O3S. The molecule has 4 heteroatoms. The van der Waals surface area contributed by atoms with Crippen molar-refractivity contribution in [3.05, 3.63) is 57.8 Å². The molecular weight excluding hydrogens is 260 g/mol. The number of rotatable bonds is 4. The van der Waals surface area contributed by atoms with Crippen LogP contribution in [0.5, 0.6) is 0 Å². The fraction of sp³-hybridized carbons (Fsp3) is 0.200. The van der Waals surface area contributed by atoms with E-state index in [0.29, 0.717) is 15.3 Å². The maximum Gasteiger partial charge on any atom is 0.314 e. The molecule has 0 radical (unpaired) electrons. The molecule has 0 atom stereocenters. The summed E-state index contributed by atoms with van der Waals surface area (Å²) >= 11 is 1.24. The smallest absolute Gasteiger partial charge is 0.314 e. The summed E-state index contributed by atoms with van der Waals surface area (Å²) in [6.45, 7) is 3.27. The Morgan fingerprint density at radius 1 is 1.05 bits per heavy atom. The van der Waals surface area contributed by atoms with Crippen molar-refractivity contribution in [1.82, 2.24) is 0 Å². The van der Waals surface area contributed by atoms with Crippen LogP contribution in [0.4, 0.5) is 0 Å². The molecule has 0 amide bonds. The first-order chi connectivity index (χ1) is 8.93. The molecule has 0 saturated carbocycles. The van der Waals surface area contributed by atoms with E-state index in [4.69, 9.17) is 0 Å². The molecule has 0 aliphatic rings. The number of aliphatic carboxylic acids is 1. The van der Waals surface area contributed by atoms with E-state index in [-0.39, 0.29) is 5.78 Å². The number of carbonyl (C=O) groups excluding carboxylic acids is 1. The van der Waals surface area contributed by atoms with Gasteiger partial charge < -0.3 is 5.11 Å². The van der Waals surface area contributed by atoms with Gasteiger partial charge in [-0.2, -0.15) is 0 Å². The second-order valence-electron chi connectivity index (χ2n) is 4.79. The van der Waals surface area contributed by atoms with E-state index in [1.54, 1.807) is 38.1 Å². The van der Waals surface area contributed by atoms with Crippen molar-refractivity contribution in [2.75, 3.05) is 0 Å². The van der Waals surface area contributed by atoms with E-state index < -0.39 is 11.4 Å². The van der Waals surface area contributed by atoms with Gasteiger partial charge >= 0.3 is 5.97 Å². The van der Waals surface area contributed by atoms with E-state index in [1.807, 2.05) is 18.2 Å². The number of hydrogen-bond donors (Lipinski definition) is 1. The minimum absolute atomic E-state index is 0.0713. The van der Waals surface area contributed by atoms with Crippen molar-refractivity contribution in [1.29, 1.82) is 0 Å². The summed E-state index contributed by atoms with van der Waals surface area (Å²) in [7, 11) is 0. The van der Waals surface area contributed by atoms with Gasteiger partial charge in [0.05, 0.1) is 10.3 Å². The van der Waals surface area contributed by atoms with E-state index in [0.717, 1.165) is 0 Å². The highest BCUT2D eigenvalue weighted by molar-refractivity contribution is 7.14. The van der Waals surface area contributed by atoms with Crippen molar-refractivity contribution in [2.45, 2.75) is 19.3 Å². The van der Waals surface area contributed by atoms with E-state index >= 15 is 0 Å². The van der Waals surface area contributed by atoms with Gasteiger partial charge in [-0.3, -0.25) is 9.59 Å². The third-order valence-electron chi connectivity index (χ3n) is 3.02. The van der Waals surface area contributed by atoms with Gasteiger partial charge in [0.15, 0.2) is 0 Å². The molecule has 0 fully saturated rings. The second kappa shape index (κ2) is 4.97. The summed E-state index contributed by atoms with van der Waals surface area (Å²) in [5.74, 6) is -0.967. The molecule has 0 aliphatic heterocycles. The number of carbonyl (C=O) groups is 2. The summed E-state index contributed by atoms with van der Waals surface area (Å²) in [5.41, 5.74) is -0.357. The molecule has 1 aromatic carbocycles. The lowest BCUT2D eigenvalue weighted by Gasteiger charge is -2.16. The van der Waals surface area contributed by atoms with E-state index in [9.17, 15) is 14.7 Å². The van der Waals surface area contributed by atoms with Gasteiger partial charge in [0.25, 0.3) is 0 Å². The maximum absolute atomic E-state index is 12.2. The Bertz CT molecular complexity index is 611. The second-order valence-corrected chi connectivity index (χ2v) is 5.87. The SMILES string of the molecule is CC(C)(C(=O)O)c1ccc(C(=O)c2ccccc2)s1. The van der Waals surface area contributed by atoms with Gasteiger partial charge in [0.2, 0.25) is 5.78 Å². The number of benzene rings is 1. The van der Waals surface area contributed by atoms with Crippen LogP contribution >= 0.6 is 11.3 Å². The minimum Gasteiger partial charge on any atom is -0.481 e. The van der Waals surface area contributed by atoms with Gasteiger partial charge in [0, 0.05) is 10.4 Å². The van der Waals surface area contributed by atoms with Crippen LogP contribution in [-0.2, 0) is 10.2 Å². The number of carboxylic acid groups (broad SMARTS) is 1. The predicted octanol–water partition coefficient (Wildman–Crippen LogP) is 3.34. The van der Waals surface area contributed by atoms with Gasteiger partial charge in [-0.15, -0.1) is 11.3 Å². The Balaban J connectivity index is 2.32. The van der Waals surface area contributed by atoms with Gasteiger partial charge in [0.1, 0.15) is 0 Å². The summed E-state index contributed by atoms with van der Waals surface area (Å²) in [5, 5.41) is 9.18. The molecule has 1 aromatic heterocycles. The third-order valence-corrected chi connectivity index (χ3v) is 4.42. The predicted molar refractivity (Wildman–Crippen MR) is 74.9 cm³/mol. The highest BCUT2D eigenvalue weighted by Gasteiger charge is 2.31. The molecule has 0 aliphatic carbocycles. The highest BCUT2D eigenvalue weighted by Crippen LogP contribution is 2.31. The lowest BCUT2D eigenvalue weighted by atomic mass is 9.92. The van der Waals surface area contributed by atoms with Crippen LogP contribution < -0.4 is 0 Å². The minimum atomic E-state index is -0.972. The maximum atomic E-state index is 12.2. The Hall–Kier alpha value is -1.94. The van der Waals surface area contributed by atoms with Crippen LogP contribution in [0, 0.1) is 0 Å². The Labute approximate surface area is 115 Å². The zero-order valence-corrected chi connectivity index (χ0v) is 11.5. The molecule has 0 saturated heterocycles. The molecule has 0 unspecified atom stereocenters. The normalized spacial score (nSPS) is 11.3. The number of ketones is 1. The Morgan fingerprint density at radius 3 is 2.26 bits per heavy atom. The lowest BCUT2D eigenvalue weighted by Crippen LogP contribution is -2.27. The van der Waals surface area contributed by atoms with Gasteiger partial charge in [-0.25, -0.2) is 0 Å². The largest absolute Gasteiger partial charge is 0.481 e. The number of hydrogen-bond acceptors (Lipinski definition) is 3. The summed E-state index contributed by atoms with van der Waals surface area (Å²) < 4.78 is 0. The fourth-order valence-corrected chi connectivity index (χ4v) is 2.70. The zero-order chi connectivity index (χ0) is 14.0. The molecule has 0 bridgehead atoms. The monoisotopic (exact) mass is 274 g/mol. The summed E-state index contributed by atoms with van der Waals surface area (Å²) in [4.78, 5) is 24.7. The van der Waals surface area contributed by atoms with Crippen molar-refractivity contribution in [3.63, 3.8) is 0 Å². The first-order valence-corrected chi connectivity index (χ1v) is 6.68. The average Bonchev–Trinajstić information content (AvgIpc) is 2.89. The molecule has 98 valence electrons. The quantitative estimate of drug-likeness (QED) is 0.870. The zero-order valence-electron chi connectivity index (χ0n) is 10.7. The lowest BCUT2D eigenvalue weighted by molar-refractivity contribution is -0.142. The highest BCUT2D eigenvalue weighted by atomic mass is 32.1. The molecule has 1 N–H and O–H groups in total. The molecule has 1 heterocycles. The number of thiophene rings is 1. The molecule has 0 spiro atoms. The Morgan fingerprint density at radius 2 is 1.68 bits per heavy atom. The van der Waals surface area contributed by atoms with Crippen molar-refractivity contribution >= 4 is 23.1 Å². The van der Waals surface area contributed by atoms with E-state index in [1.165, 1.54) is 11.3 Å². The Kier molecular flexibility index (Phi) is 3.53. The van der Waals surface area contributed by atoms with Crippen LogP contribution in [-0.4, -0.2) is 16.9 Å². The topological polar surface area (TPSA) is 54.4 Å². The van der Waals surface area contributed by atoms with Crippen LogP contribution in [0.15, 0.2) is 42.5 Å². The van der Waals surface area contributed by atoms with Crippen molar-refractivity contribution in [2.24, 2.45) is 0 Å². The van der Waals surface area contributed by atoms with Crippen LogP contribution in [0.3, 0.4) is 0 Å². The van der Waals surface area contributed by atoms with E-state index in [2.05, 4.69) is 0 Å². The van der Waals surface area contributed by atoms with Crippen molar-refractivity contribution < 1.29 is 14.7 Å². The van der Waals surface area contributed by atoms with Gasteiger partial charge in [-0.1, -0.05) is 30.3 Å². The van der Waals surface area contributed by atoms with Crippen LogP contribution in [0.1, 0.15) is 34.0 Å². The fourth-order valence-electron chi connectivity index (χ4n) is 1.63. The number of carboxylic acids is 1. The third kappa shape index (κ3) is 2.58. The summed E-state index contributed by atoms with van der Waals surface area (Å²) in [6.07, 6.45) is 0. The molecule has 2 rings (SSSR count). The van der Waals surface area contributed by atoms with Gasteiger partial charge in [-0.05, 0) is 26.0 Å². The van der Waals surface area contributed by atoms with Crippen LogP contribution in [0.2, 0.25) is 0 Å².